The highest BCUT2D eigenvalue weighted by atomic mass is 16.5. The third kappa shape index (κ3) is 2.31. The smallest absolute Gasteiger partial charge is 0.352 e. The maximum absolute atomic E-state index is 11.6. The van der Waals surface area contributed by atoms with Crippen LogP contribution in [0.3, 0.4) is 0 Å². The molecule has 1 heterocycles. The van der Waals surface area contributed by atoms with Gasteiger partial charge < -0.3 is 4.74 Å². The van der Waals surface area contributed by atoms with Gasteiger partial charge in [0, 0.05) is 0 Å². The standard InChI is InChI=1S/C13H13N5O2/c1-8-4-5-10(6-9(8)2)18-12(15-16-17-18)11(7-14)13(19)20-3/h4-6H,1-3H3,(H,15,17)/b12-11+. The Morgan fingerprint density at radius 2 is 2.15 bits per heavy atom. The molecule has 0 bridgehead atoms. The summed E-state index contributed by atoms with van der Waals surface area (Å²) >= 11 is 0. The molecule has 0 atom stereocenters. The van der Waals surface area contributed by atoms with Crippen LogP contribution in [-0.2, 0) is 9.53 Å². The molecular weight excluding hydrogens is 258 g/mol. The van der Waals surface area contributed by atoms with Crippen molar-refractivity contribution in [3.05, 3.63) is 40.7 Å². The number of hydrazine groups is 1. The van der Waals surface area contributed by atoms with Crippen LogP contribution in [0.4, 0.5) is 5.69 Å². The second-order valence-electron chi connectivity index (χ2n) is 4.21. The fourth-order valence-electron chi connectivity index (χ4n) is 1.70. The molecule has 0 spiro atoms. The molecule has 0 fully saturated rings. The zero-order valence-corrected chi connectivity index (χ0v) is 11.3. The van der Waals surface area contributed by atoms with Crippen molar-refractivity contribution < 1.29 is 9.53 Å². The molecule has 1 aromatic rings. The molecule has 1 aliphatic heterocycles. The average molecular weight is 271 g/mol. The van der Waals surface area contributed by atoms with Gasteiger partial charge in [-0.05, 0) is 37.1 Å². The highest BCUT2D eigenvalue weighted by molar-refractivity contribution is 5.94. The molecule has 0 saturated heterocycles. The van der Waals surface area contributed by atoms with Crippen molar-refractivity contribution in [1.82, 2.24) is 5.53 Å². The van der Waals surface area contributed by atoms with Gasteiger partial charge in [0.15, 0.2) is 5.57 Å². The molecular formula is C13H13N5O2. The summed E-state index contributed by atoms with van der Waals surface area (Å²) < 4.78 is 4.57. The first-order chi connectivity index (χ1) is 9.58. The molecule has 0 aliphatic carbocycles. The predicted molar refractivity (Wildman–Crippen MR) is 71.0 cm³/mol. The Kier molecular flexibility index (Phi) is 3.66. The second-order valence-corrected chi connectivity index (χ2v) is 4.21. The van der Waals surface area contributed by atoms with E-state index in [4.69, 9.17) is 5.26 Å². The number of hydrogen-bond donors (Lipinski definition) is 1. The number of aryl methyl sites for hydroxylation is 2. The van der Waals surface area contributed by atoms with Crippen LogP contribution < -0.4 is 10.5 Å². The Bertz CT molecular complexity index is 657. The summed E-state index contributed by atoms with van der Waals surface area (Å²) in [5.74, 6) is -0.637. The zero-order valence-electron chi connectivity index (χ0n) is 11.3. The summed E-state index contributed by atoms with van der Waals surface area (Å²) in [4.78, 5) is 11.6. The first-order valence-corrected chi connectivity index (χ1v) is 5.85. The van der Waals surface area contributed by atoms with Crippen molar-refractivity contribution in [1.29, 1.82) is 5.26 Å². The van der Waals surface area contributed by atoms with Crippen LogP contribution in [0.25, 0.3) is 0 Å². The fourth-order valence-corrected chi connectivity index (χ4v) is 1.70. The Morgan fingerprint density at radius 3 is 2.75 bits per heavy atom. The predicted octanol–water partition coefficient (Wildman–Crippen LogP) is 1.90. The van der Waals surface area contributed by atoms with Gasteiger partial charge in [0.2, 0.25) is 5.82 Å². The van der Waals surface area contributed by atoms with E-state index in [1.165, 1.54) is 12.1 Å². The third-order valence-corrected chi connectivity index (χ3v) is 2.97. The highest BCUT2D eigenvalue weighted by Crippen LogP contribution is 2.26. The van der Waals surface area contributed by atoms with E-state index in [0.29, 0.717) is 0 Å². The normalized spacial score (nSPS) is 15.6. The number of ether oxygens (including phenoxy) is 1. The van der Waals surface area contributed by atoms with Crippen LogP contribution in [0.15, 0.2) is 39.9 Å². The van der Waals surface area contributed by atoms with Crippen molar-refractivity contribution in [2.75, 3.05) is 12.1 Å². The van der Waals surface area contributed by atoms with Gasteiger partial charge in [-0.2, -0.15) is 10.8 Å². The first kappa shape index (κ1) is 13.5. The van der Waals surface area contributed by atoms with Gasteiger partial charge in [0.25, 0.3) is 0 Å². The fraction of sp³-hybridized carbons (Fsp3) is 0.231. The molecule has 1 N–H and O–H groups in total. The number of nitrogens with one attached hydrogen (secondary N) is 1. The van der Waals surface area contributed by atoms with Crippen molar-refractivity contribution in [3.63, 3.8) is 0 Å². The first-order valence-electron chi connectivity index (χ1n) is 5.85. The summed E-state index contributed by atoms with van der Waals surface area (Å²) in [5, 5.41) is 18.0. The number of carbonyl (C=O) groups is 1. The van der Waals surface area contributed by atoms with E-state index >= 15 is 0 Å². The Hall–Kier alpha value is -2.88. The van der Waals surface area contributed by atoms with E-state index in [9.17, 15) is 4.79 Å². The van der Waals surface area contributed by atoms with Crippen molar-refractivity contribution in [2.45, 2.75) is 13.8 Å². The summed E-state index contributed by atoms with van der Waals surface area (Å²) in [6, 6.07) is 7.48. The number of carbonyl (C=O) groups excluding carboxylic acids is 1. The van der Waals surface area contributed by atoms with E-state index in [1.807, 2.05) is 32.0 Å². The quantitative estimate of drug-likeness (QED) is 0.504. The molecule has 7 heteroatoms. The summed E-state index contributed by atoms with van der Waals surface area (Å²) in [6.45, 7) is 3.97. The molecule has 1 aromatic carbocycles. The van der Waals surface area contributed by atoms with Gasteiger partial charge in [-0.15, -0.1) is 5.11 Å². The number of rotatable bonds is 2. The average Bonchev–Trinajstić information content (AvgIpc) is 2.91. The Balaban J connectivity index is 2.47. The molecule has 102 valence electrons. The molecule has 20 heavy (non-hydrogen) atoms. The number of benzene rings is 1. The minimum atomic E-state index is -0.751. The van der Waals surface area contributed by atoms with Crippen LogP contribution in [0, 0.1) is 25.2 Å². The SMILES string of the molecule is COC(=O)/C(C#N)=C1\N=NNN1c1ccc(C)c(C)c1. The van der Waals surface area contributed by atoms with Crippen LogP contribution in [0.5, 0.6) is 0 Å². The third-order valence-electron chi connectivity index (χ3n) is 2.97. The maximum Gasteiger partial charge on any atom is 0.352 e. The molecule has 0 saturated carbocycles. The van der Waals surface area contributed by atoms with Crippen LogP contribution in [0.2, 0.25) is 0 Å². The van der Waals surface area contributed by atoms with Crippen molar-refractivity contribution in [3.8, 4) is 6.07 Å². The lowest BCUT2D eigenvalue weighted by molar-refractivity contribution is -0.135. The van der Waals surface area contributed by atoms with E-state index < -0.39 is 5.97 Å². The minimum absolute atomic E-state index is 0.114. The van der Waals surface area contributed by atoms with Crippen LogP contribution >= 0.6 is 0 Å². The topological polar surface area (TPSA) is 90.1 Å². The lowest BCUT2D eigenvalue weighted by Gasteiger charge is -2.18. The van der Waals surface area contributed by atoms with Gasteiger partial charge in [0.05, 0.1) is 12.8 Å². The van der Waals surface area contributed by atoms with Gasteiger partial charge >= 0.3 is 5.97 Å². The molecule has 0 amide bonds. The van der Waals surface area contributed by atoms with E-state index in [1.54, 1.807) is 6.07 Å². The Morgan fingerprint density at radius 1 is 1.40 bits per heavy atom. The number of nitriles is 1. The van der Waals surface area contributed by atoms with Crippen molar-refractivity contribution >= 4 is 11.7 Å². The molecule has 7 nitrogen and oxygen atoms in total. The molecule has 0 radical (unpaired) electrons. The van der Waals surface area contributed by atoms with E-state index in [-0.39, 0.29) is 11.4 Å². The van der Waals surface area contributed by atoms with Crippen LogP contribution in [-0.4, -0.2) is 13.1 Å². The summed E-state index contributed by atoms with van der Waals surface area (Å²) in [7, 11) is 1.21. The lowest BCUT2D eigenvalue weighted by atomic mass is 10.1. The van der Waals surface area contributed by atoms with Gasteiger partial charge in [-0.25, -0.2) is 9.80 Å². The minimum Gasteiger partial charge on any atom is -0.465 e. The maximum atomic E-state index is 11.6. The number of esters is 1. The largest absolute Gasteiger partial charge is 0.465 e. The number of nitrogens with zero attached hydrogens (tertiary/aromatic N) is 4. The van der Waals surface area contributed by atoms with Crippen LogP contribution in [0.1, 0.15) is 11.1 Å². The molecule has 2 rings (SSSR count). The lowest BCUT2D eigenvalue weighted by Crippen LogP contribution is -2.30. The zero-order chi connectivity index (χ0) is 14.7. The molecule has 1 aliphatic rings. The van der Waals surface area contributed by atoms with E-state index in [2.05, 4.69) is 20.6 Å². The molecule has 0 unspecified atom stereocenters. The van der Waals surface area contributed by atoms with Gasteiger partial charge in [-0.1, -0.05) is 11.3 Å². The molecule has 0 aromatic heterocycles. The Labute approximate surface area is 116 Å². The van der Waals surface area contributed by atoms with Gasteiger partial charge in [0.1, 0.15) is 6.07 Å². The monoisotopic (exact) mass is 271 g/mol. The number of anilines is 1. The highest BCUT2D eigenvalue weighted by Gasteiger charge is 2.26. The van der Waals surface area contributed by atoms with Gasteiger partial charge in [-0.3, -0.25) is 0 Å². The number of hydrogen-bond acceptors (Lipinski definition) is 7. The van der Waals surface area contributed by atoms with E-state index in [0.717, 1.165) is 16.8 Å². The summed E-state index contributed by atoms with van der Waals surface area (Å²) in [6.07, 6.45) is 0. The number of methoxy groups -OCH3 is 1. The summed E-state index contributed by atoms with van der Waals surface area (Å²) in [5.41, 5.74) is 5.37. The van der Waals surface area contributed by atoms with Crippen molar-refractivity contribution in [2.24, 2.45) is 10.3 Å². The second kappa shape index (κ2) is 5.40.